The highest BCUT2D eigenvalue weighted by Gasteiger charge is 2.25. The van der Waals surface area contributed by atoms with Gasteiger partial charge in [-0.15, -0.1) is 0 Å². The van der Waals surface area contributed by atoms with Crippen molar-refractivity contribution < 1.29 is 22.9 Å². The van der Waals surface area contributed by atoms with Crippen LogP contribution in [0, 0.1) is 6.92 Å². The molecular formula is C25H26O5S. The number of rotatable bonds is 5. The molecule has 0 saturated heterocycles. The van der Waals surface area contributed by atoms with Crippen molar-refractivity contribution in [2.75, 3.05) is 0 Å². The summed E-state index contributed by atoms with van der Waals surface area (Å²) >= 11 is 0. The fraction of sp³-hybridized carbons (Fsp3) is 0.240. The number of allylic oxidation sites excluding steroid dienone is 5. The Balaban J connectivity index is 2.49. The van der Waals surface area contributed by atoms with E-state index < -0.39 is 10.1 Å². The molecule has 0 bridgehead atoms. The summed E-state index contributed by atoms with van der Waals surface area (Å²) in [5.41, 5.74) is 5.09. The number of benzene rings is 2. The number of aryl methyl sites for hydroxylation is 2. The van der Waals surface area contributed by atoms with E-state index in [2.05, 4.69) is 0 Å². The third-order valence-electron chi connectivity index (χ3n) is 5.44. The topological polar surface area (TPSA) is 91.7 Å². The van der Waals surface area contributed by atoms with Crippen molar-refractivity contribution in [3.05, 3.63) is 87.5 Å². The van der Waals surface area contributed by atoms with Crippen molar-refractivity contribution in [1.82, 2.24) is 0 Å². The lowest BCUT2D eigenvalue weighted by Crippen LogP contribution is -2.09. The first-order valence-electron chi connectivity index (χ1n) is 10.1. The first-order chi connectivity index (χ1) is 14.5. The summed E-state index contributed by atoms with van der Waals surface area (Å²) in [5.74, 6) is 0.0890. The number of phenols is 1. The van der Waals surface area contributed by atoms with E-state index >= 15 is 0 Å². The molecule has 2 N–H and O–H groups in total. The average molecular weight is 439 g/mol. The van der Waals surface area contributed by atoms with Crippen LogP contribution in [-0.4, -0.2) is 23.9 Å². The van der Waals surface area contributed by atoms with Gasteiger partial charge in [-0.05, 0) is 96.5 Å². The normalized spacial score (nSPS) is 16.1. The molecular weight excluding hydrogens is 412 g/mol. The van der Waals surface area contributed by atoms with Gasteiger partial charge in [-0.3, -0.25) is 9.35 Å². The Morgan fingerprint density at radius 2 is 1.65 bits per heavy atom. The Kier molecular flexibility index (Phi) is 6.34. The number of carbonyl (C=O) groups excluding carboxylic acids is 1. The molecule has 1 aliphatic rings. The molecule has 2 aromatic rings. The van der Waals surface area contributed by atoms with Crippen LogP contribution in [0.4, 0.5) is 0 Å². The van der Waals surface area contributed by atoms with E-state index in [0.29, 0.717) is 34.3 Å². The molecule has 2 aromatic carbocycles. The van der Waals surface area contributed by atoms with Crippen LogP contribution in [0.3, 0.4) is 0 Å². The summed E-state index contributed by atoms with van der Waals surface area (Å²) in [5, 5.41) is 10.4. The van der Waals surface area contributed by atoms with E-state index in [-0.39, 0.29) is 16.4 Å². The van der Waals surface area contributed by atoms with Gasteiger partial charge in [-0.1, -0.05) is 31.5 Å². The van der Waals surface area contributed by atoms with Gasteiger partial charge in [-0.2, -0.15) is 8.42 Å². The quantitative estimate of drug-likeness (QED) is 0.628. The summed E-state index contributed by atoms with van der Waals surface area (Å²) in [4.78, 5) is 12.0. The number of hydrogen-bond donors (Lipinski definition) is 2. The van der Waals surface area contributed by atoms with Gasteiger partial charge < -0.3 is 5.11 Å². The van der Waals surface area contributed by atoms with Crippen LogP contribution >= 0.6 is 0 Å². The molecule has 0 fully saturated rings. The second-order valence-corrected chi connectivity index (χ2v) is 9.21. The van der Waals surface area contributed by atoms with Crippen molar-refractivity contribution >= 4 is 21.5 Å². The highest BCUT2D eigenvalue weighted by atomic mass is 32.2. The molecule has 162 valence electrons. The highest BCUT2D eigenvalue weighted by molar-refractivity contribution is 7.86. The van der Waals surface area contributed by atoms with Crippen LogP contribution in [0.1, 0.15) is 49.4 Å². The predicted molar refractivity (Wildman–Crippen MR) is 122 cm³/mol. The Bertz CT molecular complexity index is 1260. The summed E-state index contributed by atoms with van der Waals surface area (Å²) in [6.45, 7) is 7.36. The summed E-state index contributed by atoms with van der Waals surface area (Å²) in [7, 11) is -4.50. The first-order valence-corrected chi connectivity index (χ1v) is 11.5. The van der Waals surface area contributed by atoms with Crippen molar-refractivity contribution in [3.8, 4) is 5.75 Å². The zero-order valence-electron chi connectivity index (χ0n) is 18.1. The molecule has 0 spiro atoms. The van der Waals surface area contributed by atoms with Crippen LogP contribution < -0.4 is 0 Å². The molecule has 31 heavy (non-hydrogen) atoms. The minimum atomic E-state index is -4.50. The van der Waals surface area contributed by atoms with E-state index in [1.165, 1.54) is 12.1 Å². The lowest BCUT2D eigenvalue weighted by atomic mass is 9.83. The first kappa shape index (κ1) is 22.7. The van der Waals surface area contributed by atoms with E-state index in [1.807, 2.05) is 19.9 Å². The molecule has 0 heterocycles. The van der Waals surface area contributed by atoms with Crippen molar-refractivity contribution in [2.45, 2.75) is 45.4 Å². The smallest absolute Gasteiger partial charge is 0.295 e. The summed E-state index contributed by atoms with van der Waals surface area (Å²) < 4.78 is 34.3. The zero-order chi connectivity index (χ0) is 22.9. The van der Waals surface area contributed by atoms with Crippen molar-refractivity contribution in [2.24, 2.45) is 0 Å². The van der Waals surface area contributed by atoms with Gasteiger partial charge >= 0.3 is 0 Å². The predicted octanol–water partition coefficient (Wildman–Crippen LogP) is 5.18. The van der Waals surface area contributed by atoms with Gasteiger partial charge in [0.15, 0.2) is 5.78 Å². The number of carbonyl (C=O) groups is 1. The molecule has 0 unspecified atom stereocenters. The maximum Gasteiger partial charge on any atom is 0.295 e. The maximum absolute atomic E-state index is 12.2. The second kappa shape index (κ2) is 8.65. The van der Waals surface area contributed by atoms with E-state index in [1.54, 1.807) is 44.2 Å². The maximum atomic E-state index is 12.2. The Hall–Kier alpha value is -2.96. The van der Waals surface area contributed by atoms with E-state index in [4.69, 9.17) is 0 Å². The SMILES string of the molecule is CCCc1cc(/C(=C2/C=C(C)C(=O)C=C2C)c2ccccc2S(=O)(=O)O)c(C)cc1O. The van der Waals surface area contributed by atoms with Gasteiger partial charge in [0.2, 0.25) is 0 Å². The highest BCUT2D eigenvalue weighted by Crippen LogP contribution is 2.39. The fourth-order valence-corrected chi connectivity index (χ4v) is 4.57. The van der Waals surface area contributed by atoms with Crippen molar-refractivity contribution in [1.29, 1.82) is 0 Å². The second-order valence-electron chi connectivity index (χ2n) is 7.82. The third-order valence-corrected chi connectivity index (χ3v) is 6.35. The average Bonchev–Trinajstić information content (AvgIpc) is 2.69. The van der Waals surface area contributed by atoms with Crippen LogP contribution in [0.15, 0.2) is 70.2 Å². The standard InChI is InChI=1S/C25H26O5S/c1-5-8-18-14-21(16(3)13-23(18)27)25(20-11-17(4)22(26)12-15(20)2)19-9-6-7-10-24(19)31(28,29)30/h6-7,9-14,27H,5,8H2,1-4H3,(H,28,29,30)/b25-20-. The third kappa shape index (κ3) is 4.55. The van der Waals surface area contributed by atoms with Gasteiger partial charge in [0, 0.05) is 5.56 Å². The van der Waals surface area contributed by atoms with Crippen LogP contribution in [-0.2, 0) is 21.3 Å². The molecule has 6 heteroatoms. The minimum Gasteiger partial charge on any atom is -0.508 e. The molecule has 5 nitrogen and oxygen atoms in total. The Morgan fingerprint density at radius 1 is 0.968 bits per heavy atom. The lowest BCUT2D eigenvalue weighted by Gasteiger charge is -2.22. The molecule has 3 rings (SSSR count). The molecule has 0 radical (unpaired) electrons. The Labute approximate surface area is 183 Å². The molecule has 0 amide bonds. The zero-order valence-corrected chi connectivity index (χ0v) is 18.9. The largest absolute Gasteiger partial charge is 0.508 e. The van der Waals surface area contributed by atoms with Gasteiger partial charge in [0.25, 0.3) is 10.1 Å². The summed E-state index contributed by atoms with van der Waals surface area (Å²) in [6, 6.07) is 9.79. The molecule has 0 saturated carbocycles. The van der Waals surface area contributed by atoms with Crippen LogP contribution in [0.2, 0.25) is 0 Å². The number of phenolic OH excluding ortho intramolecular Hbond substituents is 1. The number of aromatic hydroxyl groups is 1. The number of hydrogen-bond acceptors (Lipinski definition) is 4. The minimum absolute atomic E-state index is 0.0993. The van der Waals surface area contributed by atoms with Gasteiger partial charge in [0.05, 0.1) is 0 Å². The van der Waals surface area contributed by atoms with Gasteiger partial charge in [-0.25, -0.2) is 0 Å². The summed E-state index contributed by atoms with van der Waals surface area (Å²) in [6.07, 6.45) is 4.77. The van der Waals surface area contributed by atoms with E-state index in [9.17, 15) is 22.9 Å². The van der Waals surface area contributed by atoms with Crippen LogP contribution in [0.5, 0.6) is 5.75 Å². The number of ketones is 1. The van der Waals surface area contributed by atoms with Gasteiger partial charge in [0.1, 0.15) is 10.6 Å². The van der Waals surface area contributed by atoms with E-state index in [0.717, 1.165) is 23.1 Å². The fourth-order valence-electron chi connectivity index (χ4n) is 3.87. The van der Waals surface area contributed by atoms with Crippen LogP contribution in [0.25, 0.3) is 5.57 Å². The van der Waals surface area contributed by atoms with Crippen molar-refractivity contribution in [3.63, 3.8) is 0 Å². The molecule has 0 atom stereocenters. The Morgan fingerprint density at radius 3 is 2.29 bits per heavy atom. The lowest BCUT2D eigenvalue weighted by molar-refractivity contribution is -0.111. The molecule has 0 aromatic heterocycles. The monoisotopic (exact) mass is 438 g/mol. The molecule has 1 aliphatic carbocycles. The molecule has 0 aliphatic heterocycles.